The Morgan fingerprint density at radius 3 is 2.71 bits per heavy atom. The number of carbonyl (C=O) groups is 1. The van der Waals surface area contributed by atoms with Crippen LogP contribution in [0.3, 0.4) is 0 Å². The molecule has 0 unspecified atom stereocenters. The molecule has 0 aliphatic carbocycles. The van der Waals surface area contributed by atoms with Gasteiger partial charge in [0.05, 0.1) is 25.8 Å². The van der Waals surface area contributed by atoms with Crippen molar-refractivity contribution in [3.05, 3.63) is 24.3 Å². The highest BCUT2D eigenvalue weighted by Gasteiger charge is 2.18. The van der Waals surface area contributed by atoms with Crippen LogP contribution in [0.25, 0.3) is 0 Å². The van der Waals surface area contributed by atoms with Crippen molar-refractivity contribution in [2.75, 3.05) is 32.0 Å². The van der Waals surface area contributed by atoms with Crippen molar-refractivity contribution in [3.63, 3.8) is 0 Å². The maximum atomic E-state index is 12.1. The molecule has 1 rings (SSSR count). The molecule has 0 saturated carbocycles. The van der Waals surface area contributed by atoms with Crippen LogP contribution in [-0.2, 0) is 19.7 Å². The van der Waals surface area contributed by atoms with Crippen molar-refractivity contribution in [3.8, 4) is 5.75 Å². The van der Waals surface area contributed by atoms with E-state index in [1.54, 1.807) is 24.3 Å². The van der Waals surface area contributed by atoms with Gasteiger partial charge in [0, 0.05) is 19.7 Å². The predicted octanol–water partition coefficient (Wildman–Crippen LogP) is 1.24. The number of anilines is 1. The van der Waals surface area contributed by atoms with Gasteiger partial charge < -0.3 is 9.47 Å². The molecule has 0 aromatic heterocycles. The van der Waals surface area contributed by atoms with Crippen LogP contribution in [0.5, 0.6) is 5.75 Å². The van der Waals surface area contributed by atoms with Gasteiger partial charge in [0.2, 0.25) is 0 Å². The van der Waals surface area contributed by atoms with E-state index in [2.05, 4.69) is 9.46 Å². The number of nitrogens with one attached hydrogen (secondary N) is 1. The molecule has 0 aliphatic heterocycles. The first-order chi connectivity index (χ1) is 9.89. The molecule has 0 spiro atoms. The summed E-state index contributed by atoms with van der Waals surface area (Å²) in [5, 5.41) is 0. The maximum absolute atomic E-state index is 12.1. The molecule has 1 aromatic rings. The zero-order valence-electron chi connectivity index (χ0n) is 12.3. The third kappa shape index (κ3) is 5.60. The van der Waals surface area contributed by atoms with E-state index in [0.29, 0.717) is 18.0 Å². The Balaban J connectivity index is 2.70. The Morgan fingerprint density at radius 2 is 2.10 bits per heavy atom. The summed E-state index contributed by atoms with van der Waals surface area (Å²) in [5.74, 6) is 0.116. The summed E-state index contributed by atoms with van der Waals surface area (Å²) in [5.41, 5.74) is 0.394. The lowest BCUT2D eigenvalue weighted by atomic mass is 10.3. The lowest BCUT2D eigenvalue weighted by molar-refractivity contribution is -0.140. The molecule has 0 saturated heterocycles. The van der Waals surface area contributed by atoms with E-state index in [4.69, 9.17) is 4.74 Å². The van der Waals surface area contributed by atoms with E-state index in [1.807, 2.05) is 6.92 Å². The quantitative estimate of drug-likeness (QED) is 0.729. The van der Waals surface area contributed by atoms with Gasteiger partial charge in [0.25, 0.3) is 0 Å². The summed E-state index contributed by atoms with van der Waals surface area (Å²) in [4.78, 5) is 11.0. The normalized spacial score (nSPS) is 11.2. The van der Waals surface area contributed by atoms with Crippen LogP contribution in [0.2, 0.25) is 0 Å². The van der Waals surface area contributed by atoms with Crippen molar-refractivity contribution in [1.82, 2.24) is 4.31 Å². The second kappa shape index (κ2) is 7.84. The average molecular weight is 316 g/mol. The molecule has 8 heteroatoms. The van der Waals surface area contributed by atoms with Gasteiger partial charge >= 0.3 is 16.2 Å². The summed E-state index contributed by atoms with van der Waals surface area (Å²) in [7, 11) is -1.08. The minimum atomic E-state index is -3.73. The summed E-state index contributed by atoms with van der Waals surface area (Å²) >= 11 is 0. The minimum absolute atomic E-state index is 0.00705. The van der Waals surface area contributed by atoms with Crippen molar-refractivity contribution < 1.29 is 22.7 Å². The van der Waals surface area contributed by atoms with Gasteiger partial charge in [-0.25, -0.2) is 0 Å². The van der Waals surface area contributed by atoms with E-state index in [1.165, 1.54) is 14.2 Å². The van der Waals surface area contributed by atoms with Gasteiger partial charge in [0.1, 0.15) is 5.75 Å². The molecule has 0 radical (unpaired) electrons. The maximum Gasteiger partial charge on any atom is 0.306 e. The van der Waals surface area contributed by atoms with Crippen LogP contribution in [0.15, 0.2) is 24.3 Å². The van der Waals surface area contributed by atoms with Gasteiger partial charge in [-0.3, -0.25) is 9.52 Å². The van der Waals surface area contributed by atoms with E-state index < -0.39 is 16.2 Å². The largest absolute Gasteiger partial charge is 0.494 e. The molecule has 0 aliphatic rings. The average Bonchev–Trinajstić information content (AvgIpc) is 2.44. The van der Waals surface area contributed by atoms with Crippen molar-refractivity contribution in [2.45, 2.75) is 13.3 Å². The predicted molar refractivity (Wildman–Crippen MR) is 79.4 cm³/mol. The fourth-order valence-electron chi connectivity index (χ4n) is 1.51. The molecule has 0 fully saturated rings. The molecular formula is C13H20N2O5S. The van der Waals surface area contributed by atoms with E-state index in [-0.39, 0.29) is 13.0 Å². The molecule has 1 N–H and O–H groups in total. The monoisotopic (exact) mass is 316 g/mol. The van der Waals surface area contributed by atoms with Crippen LogP contribution in [-0.4, -0.2) is 46.0 Å². The van der Waals surface area contributed by atoms with E-state index >= 15 is 0 Å². The van der Waals surface area contributed by atoms with E-state index in [9.17, 15) is 13.2 Å². The molecule has 21 heavy (non-hydrogen) atoms. The Hall–Kier alpha value is -1.80. The molecule has 0 heterocycles. The van der Waals surface area contributed by atoms with Crippen LogP contribution in [0.1, 0.15) is 13.3 Å². The number of nitrogens with zero attached hydrogens (tertiary/aromatic N) is 1. The zero-order chi connectivity index (χ0) is 15.9. The van der Waals surface area contributed by atoms with Crippen LogP contribution < -0.4 is 9.46 Å². The molecule has 0 bridgehead atoms. The number of hydrogen-bond acceptors (Lipinski definition) is 5. The Morgan fingerprint density at radius 1 is 1.38 bits per heavy atom. The van der Waals surface area contributed by atoms with E-state index in [0.717, 1.165) is 4.31 Å². The standard InChI is InChI=1S/C13H20N2O5S/c1-4-20-12-7-5-6-11(10-12)14-21(17,18)15(2)9-8-13(16)19-3/h5-7,10,14H,4,8-9H2,1-3H3. The van der Waals surface area contributed by atoms with Gasteiger partial charge in [-0.1, -0.05) is 6.07 Å². The number of benzene rings is 1. The Kier molecular flexibility index (Phi) is 6.44. The summed E-state index contributed by atoms with van der Waals surface area (Å²) in [6.45, 7) is 2.37. The number of hydrogen-bond donors (Lipinski definition) is 1. The SMILES string of the molecule is CCOc1cccc(NS(=O)(=O)N(C)CCC(=O)OC)c1. The second-order valence-corrected chi connectivity index (χ2v) is 5.99. The molecular weight excluding hydrogens is 296 g/mol. The van der Waals surface area contributed by atoms with Crippen LogP contribution in [0.4, 0.5) is 5.69 Å². The summed E-state index contributed by atoms with van der Waals surface area (Å²) in [6.07, 6.45) is -0.00705. The fourth-order valence-corrected chi connectivity index (χ4v) is 2.43. The molecule has 118 valence electrons. The number of carbonyl (C=O) groups excluding carboxylic acids is 1. The molecule has 0 amide bonds. The fraction of sp³-hybridized carbons (Fsp3) is 0.462. The second-order valence-electron chi connectivity index (χ2n) is 4.22. The third-order valence-corrected chi connectivity index (χ3v) is 4.16. The summed E-state index contributed by atoms with van der Waals surface area (Å²) < 4.78 is 37.4. The lowest BCUT2D eigenvalue weighted by Gasteiger charge is -2.18. The van der Waals surface area contributed by atoms with Crippen molar-refractivity contribution >= 4 is 21.9 Å². The Bertz CT molecular complexity index is 574. The molecule has 0 atom stereocenters. The van der Waals surface area contributed by atoms with Crippen LogP contribution >= 0.6 is 0 Å². The first-order valence-corrected chi connectivity index (χ1v) is 7.86. The number of ether oxygens (including phenoxy) is 2. The number of methoxy groups -OCH3 is 1. The topological polar surface area (TPSA) is 84.9 Å². The molecule has 1 aromatic carbocycles. The van der Waals surface area contributed by atoms with Gasteiger partial charge in [0.15, 0.2) is 0 Å². The van der Waals surface area contributed by atoms with Crippen molar-refractivity contribution in [1.29, 1.82) is 0 Å². The third-order valence-electron chi connectivity index (χ3n) is 2.66. The number of esters is 1. The molecule has 7 nitrogen and oxygen atoms in total. The Labute approximate surface area is 125 Å². The number of rotatable bonds is 8. The summed E-state index contributed by atoms with van der Waals surface area (Å²) in [6, 6.07) is 6.64. The highest BCUT2D eigenvalue weighted by atomic mass is 32.2. The zero-order valence-corrected chi connectivity index (χ0v) is 13.1. The lowest BCUT2D eigenvalue weighted by Crippen LogP contribution is -2.34. The van der Waals surface area contributed by atoms with Gasteiger partial charge in [-0.15, -0.1) is 0 Å². The first-order valence-electron chi connectivity index (χ1n) is 6.42. The minimum Gasteiger partial charge on any atom is -0.494 e. The smallest absolute Gasteiger partial charge is 0.306 e. The van der Waals surface area contributed by atoms with Crippen LogP contribution in [0, 0.1) is 0 Å². The highest BCUT2D eigenvalue weighted by molar-refractivity contribution is 7.90. The first kappa shape index (κ1) is 17.3. The van der Waals surface area contributed by atoms with Crippen molar-refractivity contribution in [2.24, 2.45) is 0 Å². The van der Waals surface area contributed by atoms with Gasteiger partial charge in [-0.2, -0.15) is 12.7 Å². The van der Waals surface area contributed by atoms with Gasteiger partial charge in [-0.05, 0) is 19.1 Å². The highest BCUT2D eigenvalue weighted by Crippen LogP contribution is 2.19.